The lowest BCUT2D eigenvalue weighted by Crippen LogP contribution is -2.29. The first kappa shape index (κ1) is 31.3. The minimum absolute atomic E-state index is 0.105. The molecule has 0 radical (unpaired) electrons. The van der Waals surface area contributed by atoms with Crippen LogP contribution in [-0.2, 0) is 20.9 Å². The van der Waals surface area contributed by atoms with Gasteiger partial charge in [-0.15, -0.1) is 0 Å². The molecule has 1 aliphatic heterocycles. The number of aliphatic hydroxyl groups excluding tert-OH is 1. The summed E-state index contributed by atoms with van der Waals surface area (Å²) in [7, 11) is 1.49. The first-order valence-electron chi connectivity index (χ1n) is 14.3. The number of benzene rings is 3. The van der Waals surface area contributed by atoms with Gasteiger partial charge in [0.25, 0.3) is 5.78 Å². The smallest absolute Gasteiger partial charge is 0.350 e. The zero-order chi connectivity index (χ0) is 32.1. The molecule has 3 aromatic carbocycles. The molecule has 0 bridgehead atoms. The average Bonchev–Trinajstić information content (AvgIpc) is 3.56. The number of Topliss-reactive ketones (excluding diaryl/α,β-unsaturated/α-hetero) is 1. The van der Waals surface area contributed by atoms with Crippen LogP contribution in [0.15, 0.2) is 78.4 Å². The largest absolute Gasteiger partial charge is 0.507 e. The summed E-state index contributed by atoms with van der Waals surface area (Å²) >= 11 is 0.934. The van der Waals surface area contributed by atoms with E-state index in [1.54, 1.807) is 56.3 Å². The Kier molecular flexibility index (Phi) is 9.48. The number of carbonyl (C=O) groups excluding carboxylic acids is 3. The Balaban J connectivity index is 1.63. The molecule has 232 valence electrons. The van der Waals surface area contributed by atoms with Crippen molar-refractivity contribution in [1.29, 1.82) is 0 Å². The highest BCUT2D eigenvalue weighted by molar-refractivity contribution is 7.17. The molecule has 0 aliphatic carbocycles. The predicted octanol–water partition coefficient (Wildman–Crippen LogP) is 6.24. The van der Waals surface area contributed by atoms with Crippen LogP contribution in [0.1, 0.15) is 51.9 Å². The maximum atomic E-state index is 13.7. The van der Waals surface area contributed by atoms with Gasteiger partial charge in [-0.3, -0.25) is 14.5 Å². The van der Waals surface area contributed by atoms with Crippen LogP contribution in [0, 0.1) is 6.92 Å². The molecule has 0 saturated carbocycles. The maximum absolute atomic E-state index is 13.7. The summed E-state index contributed by atoms with van der Waals surface area (Å²) in [6.07, 6.45) is 0. The molecule has 1 saturated heterocycles. The minimum Gasteiger partial charge on any atom is -0.507 e. The number of ketones is 1. The van der Waals surface area contributed by atoms with Crippen LogP contribution in [0.2, 0.25) is 0 Å². The Labute approximate surface area is 264 Å². The van der Waals surface area contributed by atoms with Gasteiger partial charge in [0.15, 0.2) is 16.6 Å². The van der Waals surface area contributed by atoms with Crippen molar-refractivity contribution in [3.63, 3.8) is 0 Å². The highest BCUT2D eigenvalue weighted by atomic mass is 32.1. The van der Waals surface area contributed by atoms with Crippen LogP contribution in [0.5, 0.6) is 17.2 Å². The van der Waals surface area contributed by atoms with Crippen LogP contribution in [-0.4, -0.2) is 48.1 Å². The van der Waals surface area contributed by atoms with Crippen molar-refractivity contribution in [3.8, 4) is 17.2 Å². The molecule has 1 amide bonds. The molecule has 1 aliphatic rings. The second-order valence-corrected chi connectivity index (χ2v) is 10.9. The van der Waals surface area contributed by atoms with Gasteiger partial charge in [0.05, 0.1) is 37.6 Å². The van der Waals surface area contributed by atoms with E-state index in [0.29, 0.717) is 47.3 Å². The third-order valence-corrected chi connectivity index (χ3v) is 8.19. The number of amides is 1. The first-order valence-corrected chi connectivity index (χ1v) is 15.1. The maximum Gasteiger partial charge on any atom is 0.350 e. The summed E-state index contributed by atoms with van der Waals surface area (Å²) in [6.45, 7) is 6.00. The van der Waals surface area contributed by atoms with Crippen LogP contribution in [0.3, 0.4) is 0 Å². The van der Waals surface area contributed by atoms with E-state index in [-0.39, 0.29) is 27.9 Å². The van der Waals surface area contributed by atoms with Crippen molar-refractivity contribution >= 4 is 39.9 Å². The number of esters is 1. The van der Waals surface area contributed by atoms with Gasteiger partial charge in [-0.25, -0.2) is 9.78 Å². The molecule has 4 aromatic rings. The van der Waals surface area contributed by atoms with Crippen molar-refractivity contribution in [3.05, 3.63) is 106 Å². The van der Waals surface area contributed by atoms with Crippen molar-refractivity contribution in [2.24, 2.45) is 0 Å². The molecule has 5 rings (SSSR count). The van der Waals surface area contributed by atoms with E-state index < -0.39 is 23.7 Å². The first-order chi connectivity index (χ1) is 21.8. The predicted molar refractivity (Wildman–Crippen MR) is 169 cm³/mol. The van der Waals surface area contributed by atoms with Crippen LogP contribution in [0.4, 0.5) is 5.13 Å². The SMILES string of the molecule is CCOC(=O)c1sc(N2C(=O)C(=O)C(=C(O)c3cccc(OCC)c3)C2c2ccc(OCc3ccccc3)c(OC)c2)nc1C. The van der Waals surface area contributed by atoms with E-state index in [2.05, 4.69) is 4.98 Å². The Morgan fingerprint density at radius 2 is 1.73 bits per heavy atom. The molecule has 1 atom stereocenters. The number of aryl methyl sites for hydroxylation is 1. The van der Waals surface area contributed by atoms with Crippen LogP contribution < -0.4 is 19.1 Å². The summed E-state index contributed by atoms with van der Waals surface area (Å²) in [5, 5.41) is 11.7. The number of anilines is 1. The minimum atomic E-state index is -1.11. The zero-order valence-electron chi connectivity index (χ0n) is 25.2. The lowest BCUT2D eigenvalue weighted by Gasteiger charge is -2.24. The van der Waals surface area contributed by atoms with E-state index in [4.69, 9.17) is 18.9 Å². The molecule has 1 unspecified atom stereocenters. The fraction of sp³-hybridized carbons (Fsp3) is 0.235. The van der Waals surface area contributed by atoms with Crippen molar-refractivity contribution in [1.82, 2.24) is 4.98 Å². The van der Waals surface area contributed by atoms with E-state index >= 15 is 0 Å². The fourth-order valence-corrected chi connectivity index (χ4v) is 5.97. The summed E-state index contributed by atoms with van der Waals surface area (Å²) in [5.74, 6) is -1.49. The Morgan fingerprint density at radius 3 is 2.44 bits per heavy atom. The summed E-state index contributed by atoms with van der Waals surface area (Å²) in [4.78, 5) is 45.9. The van der Waals surface area contributed by atoms with Gasteiger partial charge in [0.2, 0.25) is 0 Å². The topological polar surface area (TPSA) is 124 Å². The fourth-order valence-electron chi connectivity index (χ4n) is 4.98. The highest BCUT2D eigenvalue weighted by Crippen LogP contribution is 2.45. The van der Waals surface area contributed by atoms with Gasteiger partial charge in [-0.1, -0.05) is 59.9 Å². The van der Waals surface area contributed by atoms with Gasteiger partial charge >= 0.3 is 11.9 Å². The second kappa shape index (κ2) is 13.6. The number of methoxy groups -OCH3 is 1. The molecule has 0 spiro atoms. The number of ether oxygens (including phenoxy) is 4. The molecular weight excluding hydrogens is 596 g/mol. The number of nitrogens with zero attached hydrogens (tertiary/aromatic N) is 2. The highest BCUT2D eigenvalue weighted by Gasteiger charge is 2.48. The average molecular weight is 629 g/mol. The lowest BCUT2D eigenvalue weighted by molar-refractivity contribution is -0.132. The van der Waals surface area contributed by atoms with Crippen molar-refractivity contribution in [2.45, 2.75) is 33.4 Å². The van der Waals surface area contributed by atoms with E-state index in [1.807, 2.05) is 37.3 Å². The number of hydrogen-bond acceptors (Lipinski definition) is 10. The van der Waals surface area contributed by atoms with Crippen LogP contribution >= 0.6 is 11.3 Å². The molecule has 11 heteroatoms. The molecule has 10 nitrogen and oxygen atoms in total. The van der Waals surface area contributed by atoms with E-state index in [9.17, 15) is 19.5 Å². The Hall–Kier alpha value is -5.16. The van der Waals surface area contributed by atoms with Gasteiger partial charge in [0.1, 0.15) is 23.0 Å². The summed E-state index contributed by atoms with van der Waals surface area (Å²) in [6, 6.07) is 20.2. The summed E-state index contributed by atoms with van der Waals surface area (Å²) < 4.78 is 22.4. The van der Waals surface area contributed by atoms with E-state index in [0.717, 1.165) is 16.9 Å². The number of thiazole rings is 1. The molecule has 2 heterocycles. The number of rotatable bonds is 11. The molecule has 45 heavy (non-hydrogen) atoms. The van der Waals surface area contributed by atoms with Gasteiger partial charge < -0.3 is 24.1 Å². The third kappa shape index (κ3) is 6.39. The van der Waals surface area contributed by atoms with Gasteiger partial charge in [-0.05, 0) is 56.2 Å². The number of aromatic nitrogens is 1. The zero-order valence-corrected chi connectivity index (χ0v) is 26.1. The third-order valence-electron chi connectivity index (χ3n) is 7.06. The standard InChI is InChI=1S/C34H32N2O8S/c1-5-42-24-14-10-13-23(17-24)29(37)27-28(22-15-16-25(26(18-22)41-4)44-19-21-11-8-7-9-12-21)36(32(39)30(27)38)34-35-20(3)31(45-34)33(40)43-6-2/h7-18,28,37H,5-6,19H2,1-4H3. The summed E-state index contributed by atoms with van der Waals surface area (Å²) in [5.41, 5.74) is 1.90. The second-order valence-electron chi connectivity index (χ2n) is 9.95. The Bertz CT molecular complexity index is 1770. The molecule has 1 fully saturated rings. The van der Waals surface area contributed by atoms with Crippen molar-refractivity contribution in [2.75, 3.05) is 25.2 Å². The number of hydrogen-bond donors (Lipinski definition) is 1. The molecule has 1 aromatic heterocycles. The molecule has 1 N–H and O–H groups in total. The van der Waals surface area contributed by atoms with Crippen LogP contribution in [0.25, 0.3) is 5.76 Å². The monoisotopic (exact) mass is 628 g/mol. The van der Waals surface area contributed by atoms with Gasteiger partial charge in [0, 0.05) is 5.56 Å². The van der Waals surface area contributed by atoms with Crippen molar-refractivity contribution < 1.29 is 38.4 Å². The number of aliphatic hydroxyl groups is 1. The molecular formula is C34H32N2O8S. The lowest BCUT2D eigenvalue weighted by atomic mass is 9.95. The Morgan fingerprint density at radius 1 is 0.956 bits per heavy atom. The van der Waals surface area contributed by atoms with E-state index in [1.165, 1.54) is 12.0 Å². The number of carbonyl (C=O) groups is 3. The normalized spacial score (nSPS) is 15.6. The van der Waals surface area contributed by atoms with Gasteiger partial charge in [-0.2, -0.15) is 0 Å². The quantitative estimate of drug-likeness (QED) is 0.0889.